The Kier molecular flexibility index (Phi) is 4.93. The molecular weight excluding hydrogens is 280 g/mol. The molecule has 0 radical (unpaired) electrons. The number of nitrogens with zero attached hydrogens (tertiary/aromatic N) is 2. The summed E-state index contributed by atoms with van der Waals surface area (Å²) in [5.41, 5.74) is 3.50. The number of urea groups is 1. The quantitative estimate of drug-likeness (QED) is 0.906. The van der Waals surface area contributed by atoms with Crippen LogP contribution in [0.3, 0.4) is 0 Å². The fraction of sp³-hybridized carbons (Fsp3) is 0.312. The average Bonchev–Trinajstić information content (AvgIpc) is 2.40. The van der Waals surface area contributed by atoms with E-state index in [2.05, 4.69) is 15.6 Å². The first kappa shape index (κ1) is 15.8. The van der Waals surface area contributed by atoms with Crippen molar-refractivity contribution in [2.24, 2.45) is 0 Å². The van der Waals surface area contributed by atoms with Crippen molar-refractivity contribution in [3.05, 3.63) is 57.8 Å². The molecule has 0 aliphatic rings. The lowest BCUT2D eigenvalue weighted by Gasteiger charge is -2.10. The number of nitrogens with one attached hydrogen (secondary N) is 2. The number of aromatic nitrogens is 2. The zero-order valence-corrected chi connectivity index (χ0v) is 13.0. The Morgan fingerprint density at radius 3 is 2.45 bits per heavy atom. The summed E-state index contributed by atoms with van der Waals surface area (Å²) in [4.78, 5) is 27.6. The van der Waals surface area contributed by atoms with Crippen LogP contribution in [0.2, 0.25) is 0 Å². The smallest absolute Gasteiger partial charge is 0.319 e. The van der Waals surface area contributed by atoms with Crippen LogP contribution in [0, 0.1) is 20.8 Å². The highest BCUT2D eigenvalue weighted by molar-refractivity contribution is 5.89. The van der Waals surface area contributed by atoms with E-state index < -0.39 is 0 Å². The van der Waals surface area contributed by atoms with Crippen LogP contribution in [0.15, 0.2) is 35.4 Å². The van der Waals surface area contributed by atoms with E-state index in [-0.39, 0.29) is 11.6 Å². The number of aryl methyl sites for hydroxylation is 3. The summed E-state index contributed by atoms with van der Waals surface area (Å²) in [6.45, 7) is 6.45. The molecule has 6 nitrogen and oxygen atoms in total. The first-order chi connectivity index (χ1) is 10.4. The third kappa shape index (κ3) is 4.44. The number of carbonyl (C=O) groups excluding carboxylic acids is 1. The molecule has 1 heterocycles. The summed E-state index contributed by atoms with van der Waals surface area (Å²) in [7, 11) is 0. The second kappa shape index (κ2) is 6.89. The molecule has 0 atom stereocenters. The first-order valence-corrected chi connectivity index (χ1v) is 7.10. The molecule has 116 valence electrons. The van der Waals surface area contributed by atoms with Gasteiger partial charge in [-0.05, 0) is 44.0 Å². The van der Waals surface area contributed by atoms with Gasteiger partial charge in [-0.1, -0.05) is 6.07 Å². The van der Waals surface area contributed by atoms with E-state index in [0.717, 1.165) is 16.8 Å². The van der Waals surface area contributed by atoms with E-state index in [9.17, 15) is 9.59 Å². The van der Waals surface area contributed by atoms with Gasteiger partial charge in [0.15, 0.2) is 0 Å². The van der Waals surface area contributed by atoms with Gasteiger partial charge >= 0.3 is 6.03 Å². The molecule has 0 unspecified atom stereocenters. The van der Waals surface area contributed by atoms with Gasteiger partial charge < -0.3 is 10.6 Å². The SMILES string of the molecule is Cc1cc(C)cc(NC(=O)NCCn2cnc(C)cc2=O)c1. The van der Waals surface area contributed by atoms with Crippen LogP contribution in [0.5, 0.6) is 0 Å². The highest BCUT2D eigenvalue weighted by atomic mass is 16.2. The van der Waals surface area contributed by atoms with Gasteiger partial charge in [-0.15, -0.1) is 0 Å². The third-order valence-corrected chi connectivity index (χ3v) is 3.13. The molecule has 2 amide bonds. The van der Waals surface area contributed by atoms with Gasteiger partial charge in [-0.25, -0.2) is 9.78 Å². The molecule has 6 heteroatoms. The van der Waals surface area contributed by atoms with Gasteiger partial charge in [0.2, 0.25) is 0 Å². The zero-order valence-electron chi connectivity index (χ0n) is 13.0. The molecule has 0 fully saturated rings. The Balaban J connectivity index is 1.86. The molecule has 22 heavy (non-hydrogen) atoms. The van der Waals surface area contributed by atoms with E-state index in [1.54, 1.807) is 6.92 Å². The highest BCUT2D eigenvalue weighted by Crippen LogP contribution is 2.13. The van der Waals surface area contributed by atoms with Crippen molar-refractivity contribution < 1.29 is 4.79 Å². The number of amides is 2. The van der Waals surface area contributed by atoms with Crippen molar-refractivity contribution in [2.75, 3.05) is 11.9 Å². The number of carbonyl (C=O) groups is 1. The van der Waals surface area contributed by atoms with Crippen LogP contribution < -0.4 is 16.2 Å². The van der Waals surface area contributed by atoms with Gasteiger partial charge in [0.25, 0.3) is 5.56 Å². The lowest BCUT2D eigenvalue weighted by atomic mass is 10.1. The summed E-state index contributed by atoms with van der Waals surface area (Å²) in [6.07, 6.45) is 1.49. The fourth-order valence-corrected chi connectivity index (χ4v) is 2.20. The van der Waals surface area contributed by atoms with Crippen molar-refractivity contribution in [3.63, 3.8) is 0 Å². The third-order valence-electron chi connectivity index (χ3n) is 3.13. The fourth-order valence-electron chi connectivity index (χ4n) is 2.20. The molecular formula is C16H20N4O2. The van der Waals surface area contributed by atoms with Crippen LogP contribution in [0.1, 0.15) is 16.8 Å². The molecule has 0 bridgehead atoms. The molecule has 2 rings (SSSR count). The minimum absolute atomic E-state index is 0.121. The maximum atomic E-state index is 11.8. The molecule has 0 aliphatic heterocycles. The van der Waals surface area contributed by atoms with Crippen LogP contribution >= 0.6 is 0 Å². The van der Waals surface area contributed by atoms with Crippen molar-refractivity contribution >= 4 is 11.7 Å². The van der Waals surface area contributed by atoms with Gasteiger partial charge in [-0.2, -0.15) is 0 Å². The van der Waals surface area contributed by atoms with Crippen LogP contribution in [0.4, 0.5) is 10.5 Å². The molecule has 1 aromatic carbocycles. The summed E-state index contributed by atoms with van der Waals surface area (Å²) < 4.78 is 1.46. The summed E-state index contributed by atoms with van der Waals surface area (Å²) in [5, 5.41) is 5.50. The van der Waals surface area contributed by atoms with Gasteiger partial charge in [-0.3, -0.25) is 9.36 Å². The van der Waals surface area contributed by atoms with Crippen molar-refractivity contribution in [2.45, 2.75) is 27.3 Å². The lowest BCUT2D eigenvalue weighted by Crippen LogP contribution is -2.33. The molecule has 2 N–H and O–H groups in total. The first-order valence-electron chi connectivity index (χ1n) is 7.10. The van der Waals surface area contributed by atoms with Crippen LogP contribution in [0.25, 0.3) is 0 Å². The summed E-state index contributed by atoms with van der Waals surface area (Å²) in [6, 6.07) is 7.02. The van der Waals surface area contributed by atoms with E-state index >= 15 is 0 Å². The minimum Gasteiger partial charge on any atom is -0.336 e. The largest absolute Gasteiger partial charge is 0.336 e. The molecule has 0 saturated carbocycles. The van der Waals surface area contributed by atoms with Gasteiger partial charge in [0.05, 0.1) is 6.33 Å². The van der Waals surface area contributed by atoms with Crippen molar-refractivity contribution in [3.8, 4) is 0 Å². The molecule has 0 spiro atoms. The Labute approximate surface area is 129 Å². The second-order valence-corrected chi connectivity index (χ2v) is 5.32. The zero-order chi connectivity index (χ0) is 16.1. The Morgan fingerprint density at radius 2 is 1.82 bits per heavy atom. The number of anilines is 1. The average molecular weight is 300 g/mol. The lowest BCUT2D eigenvalue weighted by molar-refractivity contribution is 0.251. The summed E-state index contributed by atoms with van der Waals surface area (Å²) in [5.74, 6) is 0. The highest BCUT2D eigenvalue weighted by Gasteiger charge is 2.03. The maximum Gasteiger partial charge on any atom is 0.319 e. The van der Waals surface area contributed by atoms with Gasteiger partial charge in [0, 0.05) is 30.5 Å². The maximum absolute atomic E-state index is 11.8. The standard InChI is InChI=1S/C16H20N4O2/c1-11-6-12(2)8-14(7-11)19-16(22)17-4-5-20-10-18-13(3)9-15(20)21/h6-10H,4-5H2,1-3H3,(H2,17,19,22). The van der Waals surface area contributed by atoms with E-state index in [0.29, 0.717) is 18.8 Å². The molecule has 1 aromatic heterocycles. The van der Waals surface area contributed by atoms with Crippen molar-refractivity contribution in [1.82, 2.24) is 14.9 Å². The molecule has 2 aromatic rings. The Bertz CT molecular complexity index is 717. The number of benzene rings is 1. The predicted octanol–water partition coefficient (Wildman–Crippen LogP) is 1.99. The van der Waals surface area contributed by atoms with E-state index in [4.69, 9.17) is 0 Å². The van der Waals surface area contributed by atoms with Crippen molar-refractivity contribution in [1.29, 1.82) is 0 Å². The van der Waals surface area contributed by atoms with Crippen LogP contribution in [-0.2, 0) is 6.54 Å². The molecule has 0 aliphatic carbocycles. The number of hydrogen-bond donors (Lipinski definition) is 2. The normalized spacial score (nSPS) is 10.3. The summed E-state index contributed by atoms with van der Waals surface area (Å²) >= 11 is 0. The Hall–Kier alpha value is -2.63. The Morgan fingerprint density at radius 1 is 1.14 bits per heavy atom. The number of hydrogen-bond acceptors (Lipinski definition) is 3. The van der Waals surface area contributed by atoms with Crippen LogP contribution in [-0.4, -0.2) is 22.1 Å². The topological polar surface area (TPSA) is 76.0 Å². The monoisotopic (exact) mass is 300 g/mol. The second-order valence-electron chi connectivity index (χ2n) is 5.32. The minimum atomic E-state index is -0.293. The molecule has 0 saturated heterocycles. The number of rotatable bonds is 4. The predicted molar refractivity (Wildman–Crippen MR) is 86.2 cm³/mol. The van der Waals surface area contributed by atoms with E-state index in [1.165, 1.54) is 17.0 Å². The van der Waals surface area contributed by atoms with E-state index in [1.807, 2.05) is 32.0 Å². The van der Waals surface area contributed by atoms with Gasteiger partial charge in [0.1, 0.15) is 0 Å².